The first-order chi connectivity index (χ1) is 9.00. The van der Waals surface area contributed by atoms with Crippen LogP contribution in [-0.2, 0) is 6.18 Å². The van der Waals surface area contributed by atoms with Gasteiger partial charge in [-0.25, -0.2) is 0 Å². The first kappa shape index (κ1) is 13.6. The summed E-state index contributed by atoms with van der Waals surface area (Å²) in [6, 6.07) is 4.93. The van der Waals surface area contributed by atoms with E-state index in [0.29, 0.717) is 10.7 Å². The van der Waals surface area contributed by atoms with Gasteiger partial charge in [0.25, 0.3) is 0 Å². The van der Waals surface area contributed by atoms with Crippen molar-refractivity contribution in [2.24, 2.45) is 5.10 Å². The van der Waals surface area contributed by atoms with Crippen molar-refractivity contribution < 1.29 is 13.2 Å². The van der Waals surface area contributed by atoms with E-state index in [-0.39, 0.29) is 0 Å². The fourth-order valence-electron chi connectivity index (χ4n) is 1.36. The van der Waals surface area contributed by atoms with Gasteiger partial charge in [0.2, 0.25) is 5.16 Å². The number of hydrogen-bond donors (Lipinski definition) is 0. The zero-order valence-electron chi connectivity index (χ0n) is 9.80. The Kier molecular flexibility index (Phi) is 3.89. The average molecular weight is 286 g/mol. The van der Waals surface area contributed by atoms with Gasteiger partial charge in [0.15, 0.2) is 0 Å². The molecule has 0 aliphatic heterocycles. The normalized spacial score (nSPS) is 12.2. The van der Waals surface area contributed by atoms with Gasteiger partial charge in [-0.1, -0.05) is 23.9 Å². The molecule has 19 heavy (non-hydrogen) atoms. The van der Waals surface area contributed by atoms with Crippen molar-refractivity contribution in [3.8, 4) is 0 Å². The maximum atomic E-state index is 12.5. The maximum absolute atomic E-state index is 12.5. The van der Waals surface area contributed by atoms with Crippen LogP contribution in [-0.4, -0.2) is 27.3 Å². The molecule has 0 amide bonds. The van der Waals surface area contributed by atoms with Crippen molar-refractivity contribution in [2.75, 3.05) is 6.26 Å². The van der Waals surface area contributed by atoms with Crippen molar-refractivity contribution >= 4 is 18.0 Å². The van der Waals surface area contributed by atoms with Gasteiger partial charge in [-0.3, -0.25) is 0 Å². The number of thioether (sulfide) groups is 1. The molecule has 1 aromatic heterocycles. The second-order valence-corrected chi connectivity index (χ2v) is 4.30. The second kappa shape index (κ2) is 5.43. The molecule has 0 saturated carbocycles. The van der Waals surface area contributed by atoms with Crippen LogP contribution in [0.1, 0.15) is 11.1 Å². The van der Waals surface area contributed by atoms with E-state index in [1.807, 2.05) is 0 Å². The number of hydrogen-bond acceptors (Lipinski definition) is 4. The zero-order valence-corrected chi connectivity index (χ0v) is 10.6. The Morgan fingerprint density at radius 2 is 2.16 bits per heavy atom. The minimum Gasteiger partial charge on any atom is -0.195 e. The van der Waals surface area contributed by atoms with E-state index in [1.165, 1.54) is 35.0 Å². The number of halogens is 3. The van der Waals surface area contributed by atoms with E-state index < -0.39 is 11.7 Å². The number of benzene rings is 1. The molecule has 0 saturated heterocycles. The quantitative estimate of drug-likeness (QED) is 0.643. The molecule has 0 atom stereocenters. The van der Waals surface area contributed by atoms with Crippen LogP contribution in [0.15, 0.2) is 40.9 Å². The molecular formula is C11H9F3N4S. The molecular weight excluding hydrogens is 277 g/mol. The highest BCUT2D eigenvalue weighted by Gasteiger charge is 2.30. The lowest BCUT2D eigenvalue weighted by molar-refractivity contribution is -0.137. The molecule has 0 N–H and O–H groups in total. The molecule has 100 valence electrons. The molecule has 0 fully saturated rings. The Hall–Kier alpha value is -1.83. The minimum absolute atomic E-state index is 0.357. The molecule has 0 spiro atoms. The van der Waals surface area contributed by atoms with Gasteiger partial charge in [0, 0.05) is 0 Å². The van der Waals surface area contributed by atoms with Crippen LogP contribution in [0, 0.1) is 0 Å². The fraction of sp³-hybridized carbons (Fsp3) is 0.182. The lowest BCUT2D eigenvalue weighted by Gasteiger charge is -2.06. The molecule has 0 aliphatic carbocycles. The third kappa shape index (κ3) is 3.34. The lowest BCUT2D eigenvalue weighted by Crippen LogP contribution is -2.05. The highest BCUT2D eigenvalue weighted by atomic mass is 32.2. The number of nitrogens with zero attached hydrogens (tertiary/aromatic N) is 4. The van der Waals surface area contributed by atoms with Crippen molar-refractivity contribution in [1.82, 2.24) is 14.9 Å². The van der Waals surface area contributed by atoms with Gasteiger partial charge in [-0.15, -0.1) is 10.2 Å². The molecule has 4 nitrogen and oxygen atoms in total. The van der Waals surface area contributed by atoms with Crippen molar-refractivity contribution in [3.05, 3.63) is 41.7 Å². The van der Waals surface area contributed by atoms with Crippen LogP contribution in [0.3, 0.4) is 0 Å². The van der Waals surface area contributed by atoms with Gasteiger partial charge >= 0.3 is 6.18 Å². The summed E-state index contributed by atoms with van der Waals surface area (Å²) in [5.74, 6) is 0. The van der Waals surface area contributed by atoms with Gasteiger partial charge in [0.05, 0.1) is 11.8 Å². The van der Waals surface area contributed by atoms with Gasteiger partial charge in [-0.05, 0) is 24.0 Å². The van der Waals surface area contributed by atoms with E-state index >= 15 is 0 Å². The molecule has 1 aromatic carbocycles. The van der Waals surface area contributed by atoms with Gasteiger partial charge < -0.3 is 0 Å². The molecule has 0 bridgehead atoms. The second-order valence-electron chi connectivity index (χ2n) is 3.53. The summed E-state index contributed by atoms with van der Waals surface area (Å²) in [4.78, 5) is 0. The number of aromatic nitrogens is 3. The van der Waals surface area contributed by atoms with Crippen LogP contribution in [0.2, 0.25) is 0 Å². The summed E-state index contributed by atoms with van der Waals surface area (Å²) in [5.41, 5.74) is -0.346. The van der Waals surface area contributed by atoms with E-state index in [1.54, 1.807) is 12.3 Å². The third-order valence-electron chi connectivity index (χ3n) is 2.23. The molecule has 1 heterocycles. The fourth-order valence-corrected chi connectivity index (χ4v) is 1.77. The summed E-state index contributed by atoms with van der Waals surface area (Å²) in [7, 11) is 0. The Morgan fingerprint density at radius 3 is 2.84 bits per heavy atom. The van der Waals surface area contributed by atoms with E-state index in [4.69, 9.17) is 0 Å². The minimum atomic E-state index is -4.36. The van der Waals surface area contributed by atoms with Crippen molar-refractivity contribution in [1.29, 1.82) is 0 Å². The number of alkyl halides is 3. The van der Waals surface area contributed by atoms with Crippen molar-refractivity contribution in [3.63, 3.8) is 0 Å². The van der Waals surface area contributed by atoms with Gasteiger partial charge in [-0.2, -0.15) is 22.9 Å². The maximum Gasteiger partial charge on any atom is 0.416 e. The van der Waals surface area contributed by atoms with E-state index in [0.717, 1.165) is 12.1 Å². The highest BCUT2D eigenvalue weighted by molar-refractivity contribution is 7.98. The molecule has 0 radical (unpaired) electrons. The largest absolute Gasteiger partial charge is 0.416 e. The van der Waals surface area contributed by atoms with Crippen LogP contribution in [0.5, 0.6) is 0 Å². The molecule has 2 aromatic rings. The van der Waals surface area contributed by atoms with E-state index in [9.17, 15) is 13.2 Å². The zero-order chi connectivity index (χ0) is 13.9. The summed E-state index contributed by atoms with van der Waals surface area (Å²) in [6.07, 6.45) is 0.166. The standard InChI is InChI=1S/C11H9F3N4S/c1-19-10-17-15-7-18(10)16-6-8-3-2-4-9(5-8)11(12,13)14/h2-7H,1H3. The SMILES string of the molecule is CSc1nncn1N=Cc1cccc(C(F)(F)F)c1. The lowest BCUT2D eigenvalue weighted by atomic mass is 10.1. The van der Waals surface area contributed by atoms with Gasteiger partial charge in [0.1, 0.15) is 6.33 Å². The van der Waals surface area contributed by atoms with Crippen LogP contribution >= 0.6 is 11.8 Å². The molecule has 2 rings (SSSR count). The van der Waals surface area contributed by atoms with Crippen LogP contribution in [0.4, 0.5) is 13.2 Å². The Morgan fingerprint density at radius 1 is 1.37 bits per heavy atom. The van der Waals surface area contributed by atoms with E-state index in [2.05, 4.69) is 15.3 Å². The third-order valence-corrected chi connectivity index (χ3v) is 2.86. The van der Waals surface area contributed by atoms with Crippen LogP contribution in [0.25, 0.3) is 0 Å². The summed E-state index contributed by atoms with van der Waals surface area (Å²) < 4.78 is 39.0. The first-order valence-electron chi connectivity index (χ1n) is 5.16. The summed E-state index contributed by atoms with van der Waals surface area (Å²) in [5, 5.41) is 12.0. The monoisotopic (exact) mass is 286 g/mol. The molecule has 0 unspecified atom stereocenters. The Balaban J connectivity index is 2.24. The smallest absolute Gasteiger partial charge is 0.195 e. The van der Waals surface area contributed by atoms with Crippen LogP contribution < -0.4 is 0 Å². The molecule has 0 aliphatic rings. The molecule has 8 heteroatoms. The average Bonchev–Trinajstić information content (AvgIpc) is 2.83. The predicted molar refractivity (Wildman–Crippen MR) is 66.2 cm³/mol. The van der Waals surface area contributed by atoms with Crippen molar-refractivity contribution in [2.45, 2.75) is 11.3 Å². The number of rotatable bonds is 3. The summed E-state index contributed by atoms with van der Waals surface area (Å²) in [6.45, 7) is 0. The Labute approximate surface area is 111 Å². The predicted octanol–water partition coefficient (Wildman–Crippen LogP) is 2.90. The summed E-state index contributed by atoms with van der Waals surface area (Å²) >= 11 is 1.34. The first-order valence-corrected chi connectivity index (χ1v) is 6.39. The highest BCUT2D eigenvalue weighted by Crippen LogP contribution is 2.29. The topological polar surface area (TPSA) is 43.1 Å². The Bertz CT molecular complexity index is 592.